The van der Waals surface area contributed by atoms with Gasteiger partial charge in [-0.3, -0.25) is 4.68 Å². The van der Waals surface area contributed by atoms with Crippen LogP contribution in [0.5, 0.6) is 0 Å². The van der Waals surface area contributed by atoms with Gasteiger partial charge in [0, 0.05) is 26.3 Å². The van der Waals surface area contributed by atoms with Gasteiger partial charge in [0.05, 0.1) is 18.9 Å². The topological polar surface area (TPSA) is 111 Å². The predicted molar refractivity (Wildman–Crippen MR) is 122 cm³/mol. The van der Waals surface area contributed by atoms with Crippen LogP contribution in [0, 0.1) is 0 Å². The average molecular weight is 461 g/mol. The van der Waals surface area contributed by atoms with E-state index < -0.39 is 10.4 Å². The second-order valence-corrected chi connectivity index (χ2v) is 7.79. The summed E-state index contributed by atoms with van der Waals surface area (Å²) in [5, 5.41) is 12.2. The fraction of sp³-hybridized carbons (Fsp3) is 0.333. The van der Waals surface area contributed by atoms with E-state index in [2.05, 4.69) is 64.9 Å². The zero-order chi connectivity index (χ0) is 23.4. The van der Waals surface area contributed by atoms with Gasteiger partial charge < -0.3 is 4.90 Å². The van der Waals surface area contributed by atoms with E-state index in [0.717, 1.165) is 17.9 Å². The summed E-state index contributed by atoms with van der Waals surface area (Å²) in [7, 11) is 0.184. The van der Waals surface area contributed by atoms with Crippen LogP contribution in [0.4, 0.5) is 17.3 Å². The van der Waals surface area contributed by atoms with E-state index in [1.165, 1.54) is 5.56 Å². The first-order valence-corrected chi connectivity index (χ1v) is 11.3. The van der Waals surface area contributed by atoms with E-state index >= 15 is 0 Å². The Morgan fingerprint density at radius 2 is 1.59 bits per heavy atom. The molecule has 0 N–H and O–H groups in total. The van der Waals surface area contributed by atoms with Gasteiger partial charge in [-0.2, -0.15) is 13.4 Å². The first-order valence-electron chi connectivity index (χ1n) is 9.99. The van der Waals surface area contributed by atoms with E-state index in [-0.39, 0.29) is 13.2 Å². The Bertz CT molecular complexity index is 1060. The molecular formula is C21H28N6O4S. The number of azo groups is 1. The Morgan fingerprint density at radius 3 is 2.12 bits per heavy atom. The average Bonchev–Trinajstić information content (AvgIpc) is 3.19. The standard InChI is InChI=1S/C17H18N6.C4H10O4S/c1-22(12-14-6-4-3-5-7-14)16-10-8-15(9-11-16)19-20-17-18-13-23(2)21-17;1-3-7-9(5,6)8-4-2/h3-11,13H,12H2,1-2H3;3-4H2,1-2H3. The first kappa shape index (κ1) is 25.1. The number of aromatic nitrogens is 3. The molecule has 0 aliphatic rings. The number of rotatable bonds is 9. The number of hydrogen-bond donors (Lipinski definition) is 0. The smallest absolute Gasteiger partial charge is 0.370 e. The van der Waals surface area contributed by atoms with Crippen molar-refractivity contribution in [2.45, 2.75) is 20.4 Å². The molecule has 0 saturated heterocycles. The fourth-order valence-electron chi connectivity index (χ4n) is 2.52. The monoisotopic (exact) mass is 460 g/mol. The first-order chi connectivity index (χ1) is 15.3. The predicted octanol–water partition coefficient (Wildman–Crippen LogP) is 4.17. The molecule has 0 aliphatic heterocycles. The van der Waals surface area contributed by atoms with Crippen molar-refractivity contribution >= 4 is 27.7 Å². The summed E-state index contributed by atoms with van der Waals surface area (Å²) in [6.45, 7) is 4.25. The molecule has 0 atom stereocenters. The molecule has 0 spiro atoms. The van der Waals surface area contributed by atoms with Gasteiger partial charge >= 0.3 is 10.4 Å². The van der Waals surface area contributed by atoms with Crippen LogP contribution < -0.4 is 4.90 Å². The van der Waals surface area contributed by atoms with Crippen molar-refractivity contribution in [1.82, 2.24) is 14.8 Å². The third kappa shape index (κ3) is 8.92. The molecule has 32 heavy (non-hydrogen) atoms. The molecule has 1 aromatic heterocycles. The van der Waals surface area contributed by atoms with Crippen LogP contribution in [0.2, 0.25) is 0 Å². The molecule has 3 rings (SSSR count). The van der Waals surface area contributed by atoms with Crippen LogP contribution in [0.1, 0.15) is 19.4 Å². The molecule has 3 aromatic rings. The van der Waals surface area contributed by atoms with E-state index in [4.69, 9.17) is 0 Å². The zero-order valence-corrected chi connectivity index (χ0v) is 19.4. The Labute approximate surface area is 188 Å². The fourth-order valence-corrected chi connectivity index (χ4v) is 3.17. The zero-order valence-electron chi connectivity index (χ0n) is 18.6. The lowest BCUT2D eigenvalue weighted by atomic mass is 10.2. The Morgan fingerprint density at radius 1 is 0.969 bits per heavy atom. The summed E-state index contributed by atoms with van der Waals surface area (Å²) < 4.78 is 30.8. The molecular weight excluding hydrogens is 432 g/mol. The molecule has 0 radical (unpaired) electrons. The lowest BCUT2D eigenvalue weighted by Gasteiger charge is -2.19. The van der Waals surface area contributed by atoms with Gasteiger partial charge in [0.25, 0.3) is 5.95 Å². The maximum atomic E-state index is 10.4. The van der Waals surface area contributed by atoms with Crippen LogP contribution in [-0.4, -0.2) is 43.4 Å². The molecule has 10 nitrogen and oxygen atoms in total. The molecule has 0 fully saturated rings. The molecule has 0 bridgehead atoms. The summed E-state index contributed by atoms with van der Waals surface area (Å²) in [6.07, 6.45) is 1.59. The third-order valence-electron chi connectivity index (χ3n) is 3.92. The van der Waals surface area contributed by atoms with Crippen molar-refractivity contribution in [3.8, 4) is 0 Å². The number of hydrogen-bond acceptors (Lipinski definition) is 9. The minimum atomic E-state index is -3.68. The minimum absolute atomic E-state index is 0.113. The summed E-state index contributed by atoms with van der Waals surface area (Å²) in [5.41, 5.74) is 3.18. The SMILES string of the molecule is CCOS(=O)(=O)OCC.CN(Cc1ccccc1)c1ccc(N=Nc2ncn(C)n2)cc1. The molecule has 11 heteroatoms. The van der Waals surface area contributed by atoms with Crippen LogP contribution in [0.3, 0.4) is 0 Å². The van der Waals surface area contributed by atoms with Crippen LogP contribution in [0.15, 0.2) is 71.2 Å². The highest BCUT2D eigenvalue weighted by molar-refractivity contribution is 7.81. The van der Waals surface area contributed by atoms with E-state index in [1.807, 2.05) is 30.3 Å². The maximum absolute atomic E-state index is 10.4. The third-order valence-corrected chi connectivity index (χ3v) is 4.97. The van der Waals surface area contributed by atoms with Crippen molar-refractivity contribution in [3.05, 3.63) is 66.5 Å². The van der Waals surface area contributed by atoms with Gasteiger partial charge in [0.2, 0.25) is 0 Å². The molecule has 0 unspecified atom stereocenters. The van der Waals surface area contributed by atoms with Crippen LogP contribution in [0.25, 0.3) is 0 Å². The van der Waals surface area contributed by atoms with E-state index in [0.29, 0.717) is 5.95 Å². The molecule has 0 amide bonds. The second kappa shape index (κ2) is 12.6. The normalized spacial score (nSPS) is 11.2. The number of anilines is 1. The Balaban J connectivity index is 0.000000344. The van der Waals surface area contributed by atoms with Gasteiger partial charge in [-0.1, -0.05) is 30.3 Å². The van der Waals surface area contributed by atoms with Gasteiger partial charge in [-0.25, -0.2) is 8.37 Å². The number of benzene rings is 2. The lowest BCUT2D eigenvalue weighted by Crippen LogP contribution is -2.15. The van der Waals surface area contributed by atoms with Gasteiger partial charge in [-0.15, -0.1) is 15.3 Å². The van der Waals surface area contributed by atoms with Gasteiger partial charge in [-0.05, 0) is 43.7 Å². The summed E-state index contributed by atoms with van der Waals surface area (Å²) >= 11 is 0. The molecule has 2 aromatic carbocycles. The molecule has 1 heterocycles. The van der Waals surface area contributed by atoms with Gasteiger partial charge in [0.1, 0.15) is 6.33 Å². The van der Waals surface area contributed by atoms with Crippen molar-refractivity contribution in [1.29, 1.82) is 0 Å². The molecule has 172 valence electrons. The van der Waals surface area contributed by atoms with Crippen LogP contribution >= 0.6 is 0 Å². The highest BCUT2D eigenvalue weighted by Crippen LogP contribution is 2.21. The summed E-state index contributed by atoms with van der Waals surface area (Å²) in [4.78, 5) is 6.20. The summed E-state index contributed by atoms with van der Waals surface area (Å²) in [5.74, 6) is 0.359. The minimum Gasteiger partial charge on any atom is -0.370 e. The highest BCUT2D eigenvalue weighted by Gasteiger charge is 2.07. The lowest BCUT2D eigenvalue weighted by molar-refractivity contribution is 0.231. The second-order valence-electron chi connectivity index (χ2n) is 6.50. The largest absolute Gasteiger partial charge is 0.399 e. The quantitative estimate of drug-likeness (QED) is 0.441. The van der Waals surface area contributed by atoms with Crippen molar-refractivity contribution in [2.24, 2.45) is 17.3 Å². The summed E-state index contributed by atoms with van der Waals surface area (Å²) in [6, 6.07) is 18.3. The van der Waals surface area contributed by atoms with Crippen molar-refractivity contribution in [2.75, 3.05) is 25.2 Å². The Hall–Kier alpha value is -3.15. The highest BCUT2D eigenvalue weighted by atomic mass is 32.3. The number of aryl methyl sites for hydroxylation is 1. The van der Waals surface area contributed by atoms with E-state index in [1.54, 1.807) is 31.9 Å². The maximum Gasteiger partial charge on any atom is 0.399 e. The number of nitrogens with zero attached hydrogens (tertiary/aromatic N) is 6. The molecule has 0 aliphatic carbocycles. The molecule has 0 saturated carbocycles. The van der Waals surface area contributed by atoms with Crippen LogP contribution in [-0.2, 0) is 32.4 Å². The van der Waals surface area contributed by atoms with E-state index in [9.17, 15) is 8.42 Å². The van der Waals surface area contributed by atoms with Crippen molar-refractivity contribution in [3.63, 3.8) is 0 Å². The van der Waals surface area contributed by atoms with Gasteiger partial charge in [0.15, 0.2) is 0 Å². The van der Waals surface area contributed by atoms with Crippen molar-refractivity contribution < 1.29 is 16.8 Å². The Kier molecular flexibility index (Phi) is 9.92.